The maximum absolute atomic E-state index is 2.44. The van der Waals surface area contributed by atoms with Crippen LogP contribution in [0.4, 0.5) is 17.1 Å². The summed E-state index contributed by atoms with van der Waals surface area (Å²) in [6.07, 6.45) is 6.76. The number of para-hydroxylation sites is 1. The molecule has 1 aliphatic rings. The molecule has 0 atom stereocenters. The second-order valence-corrected chi connectivity index (χ2v) is 15.2. The van der Waals surface area contributed by atoms with Gasteiger partial charge in [-0.2, -0.15) is 0 Å². The molecule has 0 fully saturated rings. The molecular formula is C56H40N2. The summed E-state index contributed by atoms with van der Waals surface area (Å²) >= 11 is 0. The summed E-state index contributed by atoms with van der Waals surface area (Å²) in [7, 11) is 0. The fourth-order valence-electron chi connectivity index (χ4n) is 9.12. The van der Waals surface area contributed by atoms with Gasteiger partial charge < -0.3 is 9.47 Å². The van der Waals surface area contributed by atoms with E-state index in [2.05, 4.69) is 228 Å². The first-order chi connectivity index (χ1) is 28.8. The van der Waals surface area contributed by atoms with Crippen LogP contribution in [0, 0.1) is 0 Å². The molecule has 0 aliphatic heterocycles. The Morgan fingerprint density at radius 3 is 1.76 bits per heavy atom. The number of aryl methyl sites for hydroxylation is 1. The number of nitrogens with zero attached hydrogens (tertiary/aromatic N) is 2. The highest BCUT2D eigenvalue weighted by atomic mass is 15.1. The summed E-state index contributed by atoms with van der Waals surface area (Å²) in [5, 5.41) is 6.37. The fraction of sp³-hybridized carbons (Fsp3) is 0.0357. The lowest BCUT2D eigenvalue weighted by Crippen LogP contribution is -2.12. The molecule has 0 amide bonds. The Morgan fingerprint density at radius 1 is 0.414 bits per heavy atom. The number of anilines is 3. The van der Waals surface area contributed by atoms with Crippen LogP contribution < -0.4 is 4.90 Å². The number of hydrogen-bond donors (Lipinski definition) is 0. The minimum Gasteiger partial charge on any atom is -0.310 e. The molecule has 0 saturated heterocycles. The topological polar surface area (TPSA) is 8.17 Å². The van der Waals surface area contributed by atoms with E-state index in [1.807, 2.05) is 0 Å². The van der Waals surface area contributed by atoms with Crippen LogP contribution in [0.1, 0.15) is 17.7 Å². The maximum Gasteiger partial charge on any atom is 0.0546 e. The maximum atomic E-state index is 2.44. The molecule has 2 heteroatoms. The minimum absolute atomic E-state index is 1.06. The first-order valence-electron chi connectivity index (χ1n) is 20.2. The van der Waals surface area contributed by atoms with Crippen molar-refractivity contribution in [1.29, 1.82) is 0 Å². The van der Waals surface area contributed by atoms with Crippen LogP contribution in [0.2, 0.25) is 0 Å². The molecule has 0 unspecified atom stereocenters. The molecule has 0 bridgehead atoms. The highest BCUT2D eigenvalue weighted by Gasteiger charge is 2.22. The molecular weight excluding hydrogens is 701 g/mol. The van der Waals surface area contributed by atoms with E-state index < -0.39 is 0 Å². The van der Waals surface area contributed by atoms with Crippen molar-refractivity contribution >= 4 is 55.6 Å². The van der Waals surface area contributed by atoms with Crippen molar-refractivity contribution in [2.24, 2.45) is 0 Å². The predicted octanol–water partition coefficient (Wildman–Crippen LogP) is 15.4. The van der Waals surface area contributed by atoms with E-state index in [-0.39, 0.29) is 0 Å². The lowest BCUT2D eigenvalue weighted by molar-refractivity contribution is 0.967. The van der Waals surface area contributed by atoms with Crippen molar-refractivity contribution in [3.05, 3.63) is 224 Å². The Hall–Kier alpha value is -7.42. The summed E-state index contributed by atoms with van der Waals surface area (Å²) in [5.74, 6) is 0. The van der Waals surface area contributed by atoms with Crippen LogP contribution in [0.25, 0.3) is 77.6 Å². The van der Waals surface area contributed by atoms with Crippen LogP contribution in [0.3, 0.4) is 0 Å². The average molecular weight is 741 g/mol. The van der Waals surface area contributed by atoms with Crippen molar-refractivity contribution in [3.63, 3.8) is 0 Å². The molecule has 0 spiro atoms. The number of allylic oxidation sites excluding steroid dienone is 1. The molecule has 11 rings (SSSR count). The Bertz CT molecular complexity index is 3140. The second-order valence-electron chi connectivity index (χ2n) is 15.2. The van der Waals surface area contributed by atoms with Crippen molar-refractivity contribution < 1.29 is 0 Å². The number of benzene rings is 9. The molecule has 0 saturated carbocycles. The number of aromatic nitrogens is 1. The highest BCUT2D eigenvalue weighted by Crippen LogP contribution is 2.45. The van der Waals surface area contributed by atoms with Gasteiger partial charge in [0.05, 0.1) is 11.2 Å². The lowest BCUT2D eigenvalue weighted by Gasteiger charge is -2.29. The summed E-state index contributed by atoms with van der Waals surface area (Å²) < 4.78 is 2.43. The zero-order chi connectivity index (χ0) is 38.4. The minimum atomic E-state index is 1.06. The van der Waals surface area contributed by atoms with E-state index in [4.69, 9.17) is 0 Å². The lowest BCUT2D eigenvalue weighted by atomic mass is 9.91. The first kappa shape index (κ1) is 33.9. The molecule has 0 radical (unpaired) electrons. The van der Waals surface area contributed by atoms with Gasteiger partial charge in [0, 0.05) is 33.7 Å². The van der Waals surface area contributed by atoms with Crippen molar-refractivity contribution in [3.8, 4) is 39.1 Å². The monoisotopic (exact) mass is 740 g/mol. The molecule has 9 aromatic carbocycles. The Balaban J connectivity index is 1.13. The van der Waals surface area contributed by atoms with Gasteiger partial charge in [0.25, 0.3) is 0 Å². The van der Waals surface area contributed by atoms with Crippen LogP contribution in [0.15, 0.2) is 212 Å². The quantitative estimate of drug-likeness (QED) is 0.148. The molecule has 1 aromatic heterocycles. The summed E-state index contributed by atoms with van der Waals surface area (Å²) in [6.45, 7) is 0. The molecule has 0 N–H and O–H groups in total. The average Bonchev–Trinajstić information content (AvgIpc) is 3.64. The third-order valence-electron chi connectivity index (χ3n) is 11.9. The van der Waals surface area contributed by atoms with E-state index in [0.717, 1.165) is 35.6 Å². The molecule has 10 aromatic rings. The molecule has 274 valence electrons. The zero-order valence-electron chi connectivity index (χ0n) is 32.1. The molecule has 1 aliphatic carbocycles. The van der Waals surface area contributed by atoms with E-state index in [1.54, 1.807) is 0 Å². The third-order valence-corrected chi connectivity index (χ3v) is 11.9. The largest absolute Gasteiger partial charge is 0.310 e. The fourth-order valence-corrected chi connectivity index (χ4v) is 9.12. The normalized spacial score (nSPS) is 12.3. The van der Waals surface area contributed by atoms with Gasteiger partial charge in [-0.25, -0.2) is 0 Å². The van der Waals surface area contributed by atoms with Crippen LogP contribution >= 0.6 is 0 Å². The standard InChI is InChI=1S/C56H40N2/c1-3-15-39(16-4-1)40-27-30-44(31-28-40)57(45-32-34-46(35-33-45)58-54-25-13-11-23-51(54)52-24-12-14-26-55(52)58)56-38-43(29-36-48(56)41-17-5-2-6-18-41)53-37-42-19-7-8-20-47(42)49-21-9-10-22-50(49)53/h1-11,13-23,25-38H,12,24H2. The summed E-state index contributed by atoms with van der Waals surface area (Å²) in [4.78, 5) is 2.44. The van der Waals surface area contributed by atoms with Gasteiger partial charge in [0.2, 0.25) is 0 Å². The molecule has 58 heavy (non-hydrogen) atoms. The van der Waals surface area contributed by atoms with Gasteiger partial charge >= 0.3 is 0 Å². The van der Waals surface area contributed by atoms with Gasteiger partial charge in [-0.1, -0.05) is 158 Å². The smallest absolute Gasteiger partial charge is 0.0546 e. The van der Waals surface area contributed by atoms with Crippen LogP contribution in [-0.4, -0.2) is 4.57 Å². The second kappa shape index (κ2) is 14.3. The summed E-state index contributed by atoms with van der Waals surface area (Å²) in [5.41, 5.74) is 15.6. The zero-order valence-corrected chi connectivity index (χ0v) is 32.1. The van der Waals surface area contributed by atoms with Crippen molar-refractivity contribution in [2.45, 2.75) is 12.8 Å². The SMILES string of the molecule is C1=Cc2c(c3ccccc3n2-c2ccc(N(c3ccc(-c4ccccc4)cc3)c3cc(-c4cc5ccccc5c5ccccc45)ccc3-c3ccccc3)cc2)CC1. The Morgan fingerprint density at radius 2 is 1.00 bits per heavy atom. The van der Waals surface area contributed by atoms with Crippen molar-refractivity contribution in [1.82, 2.24) is 4.57 Å². The Kier molecular flexibility index (Phi) is 8.33. The van der Waals surface area contributed by atoms with E-state index in [0.29, 0.717) is 0 Å². The van der Waals surface area contributed by atoms with E-state index in [9.17, 15) is 0 Å². The number of fused-ring (bicyclic) bond motifs is 6. The molecule has 1 heterocycles. The highest BCUT2D eigenvalue weighted by molar-refractivity contribution is 6.14. The van der Waals surface area contributed by atoms with Gasteiger partial charge in [-0.05, 0) is 128 Å². The molecule has 2 nitrogen and oxygen atoms in total. The summed E-state index contributed by atoms with van der Waals surface area (Å²) in [6, 6.07) is 75.4. The predicted molar refractivity (Wildman–Crippen MR) is 247 cm³/mol. The van der Waals surface area contributed by atoms with Gasteiger partial charge in [0.1, 0.15) is 0 Å². The van der Waals surface area contributed by atoms with Crippen molar-refractivity contribution in [2.75, 3.05) is 4.90 Å². The first-order valence-corrected chi connectivity index (χ1v) is 20.2. The van der Waals surface area contributed by atoms with E-state index in [1.165, 1.54) is 77.1 Å². The van der Waals surface area contributed by atoms with Gasteiger partial charge in [-0.3, -0.25) is 0 Å². The van der Waals surface area contributed by atoms with Crippen LogP contribution in [0.5, 0.6) is 0 Å². The third kappa shape index (κ3) is 5.81. The van der Waals surface area contributed by atoms with Gasteiger partial charge in [0.15, 0.2) is 0 Å². The van der Waals surface area contributed by atoms with Gasteiger partial charge in [-0.15, -0.1) is 0 Å². The Labute approximate surface area is 339 Å². The number of hydrogen-bond acceptors (Lipinski definition) is 1. The van der Waals surface area contributed by atoms with E-state index >= 15 is 0 Å². The van der Waals surface area contributed by atoms with Crippen LogP contribution in [-0.2, 0) is 6.42 Å². The number of rotatable bonds is 7.